The molecular weight excluding hydrogens is 158 g/mol. The molecule has 0 aliphatic carbocycles. The van der Waals surface area contributed by atoms with Crippen molar-refractivity contribution in [3.63, 3.8) is 0 Å². The lowest BCUT2D eigenvalue weighted by Crippen LogP contribution is -1.95. The summed E-state index contributed by atoms with van der Waals surface area (Å²) in [6.45, 7) is 3.23. The first-order valence-electron chi connectivity index (χ1n) is 3.24. The molecule has 0 aromatic heterocycles. The molecule has 0 saturated carbocycles. The van der Waals surface area contributed by atoms with E-state index in [0.29, 0.717) is 0 Å². The lowest BCUT2D eigenvalue weighted by Gasteiger charge is -1.98. The highest BCUT2D eigenvalue weighted by atomic mass is 16.6. The van der Waals surface area contributed by atoms with Crippen LogP contribution in [0.25, 0.3) is 5.70 Å². The Balaban J connectivity index is 3.11. The molecule has 0 fully saturated rings. The van der Waals surface area contributed by atoms with Crippen LogP contribution in [-0.2, 0) is 0 Å². The van der Waals surface area contributed by atoms with Gasteiger partial charge in [0.15, 0.2) is 0 Å². The molecule has 12 heavy (non-hydrogen) atoms. The van der Waals surface area contributed by atoms with Crippen molar-refractivity contribution in [1.82, 2.24) is 0 Å². The van der Waals surface area contributed by atoms with Gasteiger partial charge in [0.2, 0.25) is 0 Å². The first kappa shape index (κ1) is 8.26. The molecule has 0 saturated heterocycles. The summed E-state index contributed by atoms with van der Waals surface area (Å²) >= 11 is 0. The Kier molecular flexibility index (Phi) is 2.09. The maximum absolute atomic E-state index is 10.2. The average molecular weight is 165 g/mol. The van der Waals surface area contributed by atoms with E-state index in [0.717, 1.165) is 0 Å². The highest BCUT2D eigenvalue weighted by Gasteiger charge is 2.13. The van der Waals surface area contributed by atoms with Crippen LogP contribution in [-0.4, -0.2) is 10.0 Å². The van der Waals surface area contributed by atoms with E-state index in [1.165, 1.54) is 12.1 Å². The number of benzene rings is 1. The molecule has 0 unspecified atom stereocenters. The minimum Gasteiger partial charge on any atom is -0.507 e. The summed E-state index contributed by atoms with van der Waals surface area (Å²) in [5, 5.41) is 19.4. The second-order valence-electron chi connectivity index (χ2n) is 2.22. The van der Waals surface area contributed by atoms with Gasteiger partial charge in [-0.15, -0.1) is 0 Å². The van der Waals surface area contributed by atoms with Gasteiger partial charge in [-0.3, -0.25) is 10.1 Å². The first-order chi connectivity index (χ1) is 5.63. The third-order valence-electron chi connectivity index (χ3n) is 1.44. The van der Waals surface area contributed by atoms with Gasteiger partial charge >= 0.3 is 0 Å². The van der Waals surface area contributed by atoms with Crippen molar-refractivity contribution >= 4 is 5.70 Å². The molecule has 1 N–H and O–H groups in total. The van der Waals surface area contributed by atoms with Crippen LogP contribution in [0.15, 0.2) is 30.8 Å². The molecule has 1 aromatic carbocycles. The first-order valence-corrected chi connectivity index (χ1v) is 3.24. The third-order valence-corrected chi connectivity index (χ3v) is 1.44. The lowest BCUT2D eigenvalue weighted by atomic mass is 10.1. The summed E-state index contributed by atoms with van der Waals surface area (Å²) in [6.07, 6.45) is 0. The normalized spacial score (nSPS) is 9.33. The zero-order chi connectivity index (χ0) is 9.14. The number of hydrogen-bond acceptors (Lipinski definition) is 3. The van der Waals surface area contributed by atoms with Crippen molar-refractivity contribution < 1.29 is 10.0 Å². The topological polar surface area (TPSA) is 63.4 Å². The highest BCUT2D eigenvalue weighted by Crippen LogP contribution is 2.22. The highest BCUT2D eigenvalue weighted by molar-refractivity contribution is 5.62. The standard InChI is InChI=1S/C8H7NO3/c1-6(9(11)12)7-4-2-3-5-8(7)10/h2-5,10H,1H2. The van der Waals surface area contributed by atoms with Gasteiger partial charge in [-0.25, -0.2) is 0 Å². The number of rotatable bonds is 2. The van der Waals surface area contributed by atoms with Gasteiger partial charge in [0.1, 0.15) is 5.75 Å². The van der Waals surface area contributed by atoms with E-state index in [2.05, 4.69) is 6.58 Å². The van der Waals surface area contributed by atoms with Crippen LogP contribution in [0.2, 0.25) is 0 Å². The molecule has 1 aromatic rings. The number of phenols is 1. The quantitative estimate of drug-likeness (QED) is 0.535. The van der Waals surface area contributed by atoms with Gasteiger partial charge in [-0.2, -0.15) is 0 Å². The molecule has 0 atom stereocenters. The van der Waals surface area contributed by atoms with Crippen LogP contribution >= 0.6 is 0 Å². The monoisotopic (exact) mass is 165 g/mol. The van der Waals surface area contributed by atoms with Crippen molar-refractivity contribution in [2.45, 2.75) is 0 Å². The number of nitrogens with zero attached hydrogens (tertiary/aromatic N) is 1. The van der Waals surface area contributed by atoms with Crippen LogP contribution in [0.5, 0.6) is 5.75 Å². The Morgan fingerprint density at radius 3 is 2.58 bits per heavy atom. The molecule has 4 heteroatoms. The predicted octanol–water partition coefficient (Wildman–Crippen LogP) is 1.64. The number of aromatic hydroxyl groups is 1. The summed E-state index contributed by atoms with van der Waals surface area (Å²) in [6, 6.07) is 6.01. The van der Waals surface area contributed by atoms with Crippen molar-refractivity contribution in [3.8, 4) is 5.75 Å². The maximum Gasteiger partial charge on any atom is 0.273 e. The fourth-order valence-electron chi connectivity index (χ4n) is 0.816. The Labute approximate surface area is 68.9 Å². The number of hydrogen-bond donors (Lipinski definition) is 1. The van der Waals surface area contributed by atoms with E-state index >= 15 is 0 Å². The van der Waals surface area contributed by atoms with E-state index in [4.69, 9.17) is 5.11 Å². The molecule has 1 rings (SSSR count). The summed E-state index contributed by atoms with van der Waals surface area (Å²) in [4.78, 5) is 9.62. The van der Waals surface area contributed by atoms with Crippen LogP contribution < -0.4 is 0 Å². The van der Waals surface area contributed by atoms with Crippen LogP contribution in [0.3, 0.4) is 0 Å². The van der Waals surface area contributed by atoms with Crippen molar-refractivity contribution in [3.05, 3.63) is 46.5 Å². The van der Waals surface area contributed by atoms with Gasteiger partial charge in [0, 0.05) is 0 Å². The molecular formula is C8H7NO3. The van der Waals surface area contributed by atoms with Crippen molar-refractivity contribution in [2.75, 3.05) is 0 Å². The molecule has 0 aliphatic rings. The Morgan fingerprint density at radius 2 is 2.08 bits per heavy atom. The van der Waals surface area contributed by atoms with Gasteiger partial charge in [-0.05, 0) is 18.7 Å². The molecule has 0 spiro atoms. The number of nitro groups is 1. The molecule has 0 bridgehead atoms. The van der Waals surface area contributed by atoms with Gasteiger partial charge in [-0.1, -0.05) is 12.1 Å². The fourth-order valence-corrected chi connectivity index (χ4v) is 0.816. The second kappa shape index (κ2) is 3.04. The van der Waals surface area contributed by atoms with E-state index in [1.54, 1.807) is 12.1 Å². The molecule has 0 amide bonds. The van der Waals surface area contributed by atoms with Gasteiger partial charge in [0.25, 0.3) is 5.70 Å². The number of phenolic OH excluding ortho intramolecular Hbond substituents is 1. The molecule has 0 radical (unpaired) electrons. The average Bonchev–Trinajstić information content (AvgIpc) is 2.04. The zero-order valence-corrected chi connectivity index (χ0v) is 6.23. The summed E-state index contributed by atoms with van der Waals surface area (Å²) < 4.78 is 0. The summed E-state index contributed by atoms with van der Waals surface area (Å²) in [7, 11) is 0. The predicted molar refractivity (Wildman–Crippen MR) is 44.1 cm³/mol. The SMILES string of the molecule is C=C(c1ccccc1O)[N+](=O)[O-]. The van der Waals surface area contributed by atoms with Crippen LogP contribution in [0, 0.1) is 10.1 Å². The Morgan fingerprint density at radius 1 is 1.50 bits per heavy atom. The summed E-state index contributed by atoms with van der Waals surface area (Å²) in [5.74, 6) is -0.126. The van der Waals surface area contributed by atoms with Gasteiger partial charge < -0.3 is 5.11 Å². The Bertz CT molecular complexity index is 333. The van der Waals surface area contributed by atoms with E-state index in [1.807, 2.05) is 0 Å². The van der Waals surface area contributed by atoms with Crippen LogP contribution in [0.1, 0.15) is 5.56 Å². The maximum atomic E-state index is 10.2. The smallest absolute Gasteiger partial charge is 0.273 e. The second-order valence-corrected chi connectivity index (χ2v) is 2.22. The minimum atomic E-state index is -0.630. The van der Waals surface area contributed by atoms with E-state index in [-0.39, 0.29) is 17.0 Å². The molecule has 62 valence electrons. The van der Waals surface area contributed by atoms with Crippen molar-refractivity contribution in [2.24, 2.45) is 0 Å². The third kappa shape index (κ3) is 1.42. The molecule has 0 aliphatic heterocycles. The number of para-hydroxylation sites is 1. The zero-order valence-electron chi connectivity index (χ0n) is 6.23. The molecule has 4 nitrogen and oxygen atoms in total. The van der Waals surface area contributed by atoms with Crippen molar-refractivity contribution in [1.29, 1.82) is 0 Å². The minimum absolute atomic E-state index is 0.126. The van der Waals surface area contributed by atoms with Gasteiger partial charge in [0.05, 0.1) is 10.5 Å². The summed E-state index contributed by atoms with van der Waals surface area (Å²) in [5.41, 5.74) is -0.143. The largest absolute Gasteiger partial charge is 0.507 e. The van der Waals surface area contributed by atoms with Crippen LogP contribution in [0.4, 0.5) is 0 Å². The van der Waals surface area contributed by atoms with E-state index in [9.17, 15) is 10.1 Å². The lowest BCUT2D eigenvalue weighted by molar-refractivity contribution is -0.375. The molecule has 0 heterocycles. The Hall–Kier alpha value is -1.84. The van der Waals surface area contributed by atoms with E-state index < -0.39 is 4.92 Å². The fraction of sp³-hybridized carbons (Fsp3) is 0.